The van der Waals surface area contributed by atoms with Crippen LogP contribution < -0.4 is 0 Å². The molecule has 1 aromatic rings. The molecule has 1 aromatic carbocycles. The molecule has 0 saturated carbocycles. The smallest absolute Gasteiger partial charge is 0 e. The predicted molar refractivity (Wildman–Crippen MR) is 26.8 cm³/mol. The van der Waals surface area contributed by atoms with Crippen LogP contribution in [0.3, 0.4) is 0 Å². The third-order valence-electron chi connectivity index (χ3n) is 0.829. The molecular weight excluding hydrogens is 168 g/mol. The van der Waals surface area contributed by atoms with Gasteiger partial charge in [0, 0.05) is 21.1 Å². The monoisotopic (exact) mass is 177 g/mol. The molecule has 0 heterocycles. The van der Waals surface area contributed by atoms with Crippen molar-refractivity contribution in [3.8, 4) is 0 Å². The summed E-state index contributed by atoms with van der Waals surface area (Å²) in [6.45, 7) is 2.08. The van der Waals surface area contributed by atoms with E-state index in [2.05, 4.69) is 19.1 Å². The van der Waals surface area contributed by atoms with E-state index in [4.69, 9.17) is 0 Å². The Kier molecular flexibility index (Phi) is 3.11. The van der Waals surface area contributed by atoms with E-state index in [1.165, 1.54) is 5.56 Å². The van der Waals surface area contributed by atoms with Crippen LogP contribution in [0, 0.1) is 6.92 Å². The van der Waals surface area contributed by atoms with Crippen LogP contribution in [-0.4, -0.2) is 0 Å². The van der Waals surface area contributed by atoms with Gasteiger partial charge in [0.05, 0.1) is 0 Å². The molecule has 0 aliphatic carbocycles. The van der Waals surface area contributed by atoms with E-state index >= 15 is 0 Å². The Morgan fingerprint density at radius 3 is 2.43 bits per heavy atom. The van der Waals surface area contributed by atoms with Crippen LogP contribution in [0.4, 0.5) is 0 Å². The van der Waals surface area contributed by atoms with Gasteiger partial charge in [-0.25, -0.2) is 12.1 Å². The van der Waals surface area contributed by atoms with E-state index in [-0.39, 0.29) is 21.1 Å². The fraction of sp³-hybridized carbons (Fsp3) is 0.167. The van der Waals surface area contributed by atoms with Crippen LogP contribution in [0.25, 0.3) is 0 Å². The van der Waals surface area contributed by atoms with Crippen molar-refractivity contribution in [3.63, 3.8) is 0 Å². The number of rotatable bonds is 0. The van der Waals surface area contributed by atoms with E-state index in [0.717, 1.165) is 0 Å². The van der Waals surface area contributed by atoms with Crippen molar-refractivity contribution in [1.82, 2.24) is 0 Å². The third kappa shape index (κ3) is 1.99. The summed E-state index contributed by atoms with van der Waals surface area (Å²) in [5.41, 5.74) is 1.34. The average Bonchev–Trinajstić information content (AvgIpc) is 1.86. The van der Waals surface area contributed by atoms with Gasteiger partial charge in [0.15, 0.2) is 0 Å². The first-order valence-corrected chi connectivity index (χ1v) is 2.08. The van der Waals surface area contributed by atoms with Crippen molar-refractivity contribution in [3.05, 3.63) is 29.8 Å². The minimum atomic E-state index is 0. The van der Waals surface area contributed by atoms with Gasteiger partial charge in [-0.3, -0.25) is 0 Å². The minimum absolute atomic E-state index is 0. The molecule has 0 radical (unpaired) electrons. The topological polar surface area (TPSA) is 0 Å². The Morgan fingerprint density at radius 1 is 1.57 bits per heavy atom. The fourth-order valence-corrected chi connectivity index (χ4v) is 0.470. The van der Waals surface area contributed by atoms with E-state index in [9.17, 15) is 0 Å². The van der Waals surface area contributed by atoms with E-state index in [0.29, 0.717) is 0 Å². The number of hydrogen-bond acceptors (Lipinski definition) is 0. The van der Waals surface area contributed by atoms with Gasteiger partial charge in [-0.2, -0.15) is 17.7 Å². The Balaban J connectivity index is 0.000000360. The van der Waals surface area contributed by atoms with Gasteiger partial charge in [0.1, 0.15) is 0 Å². The molecule has 0 bridgehead atoms. The summed E-state index contributed by atoms with van der Waals surface area (Å²) < 4.78 is 0. The second-order valence-electron chi connectivity index (χ2n) is 1.46. The molecule has 0 saturated heterocycles. The zero-order valence-electron chi connectivity index (χ0n) is 4.22. The van der Waals surface area contributed by atoms with Crippen LogP contribution in [0.15, 0.2) is 24.3 Å². The number of hydrogen-bond donors (Lipinski definition) is 0. The van der Waals surface area contributed by atoms with Crippen LogP contribution in [-0.2, 0) is 21.1 Å². The number of aryl methyl sites for hydroxylation is 1. The van der Waals surface area contributed by atoms with Gasteiger partial charge in [0.25, 0.3) is 0 Å². The molecular formula is C6H7Mo-. The second kappa shape index (κ2) is 3.09. The molecule has 38 valence electrons. The van der Waals surface area contributed by atoms with Crippen LogP contribution >= 0.6 is 0 Å². The molecule has 7 heavy (non-hydrogen) atoms. The predicted octanol–water partition coefficient (Wildman–Crippen LogP) is 1.71. The largest absolute Gasteiger partial charge is 0.213 e. The molecule has 1 heteroatoms. The summed E-state index contributed by atoms with van der Waals surface area (Å²) in [6, 6.07) is 8.24. The molecule has 0 aliphatic rings. The van der Waals surface area contributed by atoms with Crippen molar-refractivity contribution in [2.75, 3.05) is 0 Å². The normalized spacial score (nSPS) is 7.57. The zero-order chi connectivity index (χ0) is 4.41. The quantitative estimate of drug-likeness (QED) is 0.416. The summed E-state index contributed by atoms with van der Waals surface area (Å²) in [5.74, 6) is 0. The average molecular weight is 175 g/mol. The van der Waals surface area contributed by atoms with Crippen molar-refractivity contribution in [2.24, 2.45) is 0 Å². The molecule has 0 unspecified atom stereocenters. The molecule has 0 atom stereocenters. The first kappa shape index (κ1) is 7.04. The van der Waals surface area contributed by atoms with Gasteiger partial charge >= 0.3 is 0 Å². The molecule has 0 aliphatic heterocycles. The van der Waals surface area contributed by atoms with Gasteiger partial charge in [0.2, 0.25) is 0 Å². The molecule has 0 N–H and O–H groups in total. The standard InChI is InChI=1S/C6H7.Mo/c1-6-4-2-3-5-6;/h2-5H,1H3;/q-1;. The zero-order valence-corrected chi connectivity index (χ0v) is 6.22. The molecule has 0 nitrogen and oxygen atoms in total. The summed E-state index contributed by atoms with van der Waals surface area (Å²) in [5, 5.41) is 0. The molecule has 0 aromatic heterocycles. The maximum absolute atomic E-state index is 2.08. The molecule has 0 spiro atoms. The van der Waals surface area contributed by atoms with Crippen molar-refractivity contribution >= 4 is 0 Å². The summed E-state index contributed by atoms with van der Waals surface area (Å²) in [7, 11) is 0. The molecule has 0 amide bonds. The van der Waals surface area contributed by atoms with E-state index in [1.807, 2.05) is 12.1 Å². The minimum Gasteiger partial charge on any atom is -0.213 e. The first-order chi connectivity index (χ1) is 2.89. The molecule has 1 rings (SSSR count). The van der Waals surface area contributed by atoms with Crippen LogP contribution in [0.5, 0.6) is 0 Å². The Labute approximate surface area is 58.2 Å². The van der Waals surface area contributed by atoms with Gasteiger partial charge in [-0.05, 0) is 0 Å². The van der Waals surface area contributed by atoms with Gasteiger partial charge in [-0.15, -0.1) is 0 Å². The van der Waals surface area contributed by atoms with E-state index < -0.39 is 0 Å². The maximum Gasteiger partial charge on any atom is 0 e. The summed E-state index contributed by atoms with van der Waals surface area (Å²) in [4.78, 5) is 0. The van der Waals surface area contributed by atoms with Crippen molar-refractivity contribution in [2.45, 2.75) is 6.92 Å². The van der Waals surface area contributed by atoms with E-state index in [1.54, 1.807) is 0 Å². The second-order valence-corrected chi connectivity index (χ2v) is 1.46. The SMILES string of the molecule is Cc1ccc[cH-]1.[Mo]. The Hall–Kier alpha value is 0.0383. The third-order valence-corrected chi connectivity index (χ3v) is 0.829. The Bertz CT molecular complexity index is 108. The van der Waals surface area contributed by atoms with Crippen molar-refractivity contribution in [1.29, 1.82) is 0 Å². The van der Waals surface area contributed by atoms with Gasteiger partial charge < -0.3 is 0 Å². The fourth-order valence-electron chi connectivity index (χ4n) is 0.470. The van der Waals surface area contributed by atoms with Crippen LogP contribution in [0.2, 0.25) is 0 Å². The first-order valence-electron chi connectivity index (χ1n) is 2.08. The molecule has 0 fully saturated rings. The van der Waals surface area contributed by atoms with Gasteiger partial charge in [-0.1, -0.05) is 6.92 Å². The summed E-state index contributed by atoms with van der Waals surface area (Å²) >= 11 is 0. The van der Waals surface area contributed by atoms with Crippen LogP contribution in [0.1, 0.15) is 5.56 Å². The maximum atomic E-state index is 2.08. The Morgan fingerprint density at radius 2 is 2.29 bits per heavy atom. The van der Waals surface area contributed by atoms with Crippen molar-refractivity contribution < 1.29 is 21.1 Å². The summed E-state index contributed by atoms with van der Waals surface area (Å²) in [6.07, 6.45) is 0.